The Morgan fingerprint density at radius 2 is 0.893 bits per heavy atom. The third-order valence-corrected chi connectivity index (χ3v) is 12.6. The Hall–Kier alpha value is -6.96. The molecule has 0 spiro atoms. The molecule has 0 saturated heterocycles. The quantitative estimate of drug-likeness (QED) is 0.166. The van der Waals surface area contributed by atoms with Gasteiger partial charge in [-0.05, 0) is 106 Å². The molecule has 56 heavy (non-hydrogen) atoms. The highest BCUT2D eigenvalue weighted by Gasteiger charge is 2.40. The van der Waals surface area contributed by atoms with Crippen molar-refractivity contribution in [1.29, 1.82) is 0 Å². The average Bonchev–Trinajstić information content (AvgIpc) is 3.74. The van der Waals surface area contributed by atoms with Gasteiger partial charge in [-0.2, -0.15) is 0 Å². The van der Waals surface area contributed by atoms with Crippen molar-refractivity contribution in [3.05, 3.63) is 193 Å². The SMILES string of the molecule is CC1(C)c2ccccc2-c2c(-c3cccc(-c4c5ccccc5c(-c5cccc6ccccc56)c5ccccc45)c3)cc3c(oc4c5ccccc5ccc34)c21. The van der Waals surface area contributed by atoms with Crippen molar-refractivity contribution in [2.75, 3.05) is 0 Å². The minimum atomic E-state index is -0.245. The van der Waals surface area contributed by atoms with Crippen molar-refractivity contribution in [2.45, 2.75) is 19.3 Å². The van der Waals surface area contributed by atoms with Gasteiger partial charge in [-0.25, -0.2) is 0 Å². The fraction of sp³-hybridized carbons (Fsp3) is 0.0545. The van der Waals surface area contributed by atoms with Gasteiger partial charge in [-0.3, -0.25) is 0 Å². The summed E-state index contributed by atoms with van der Waals surface area (Å²) >= 11 is 0. The van der Waals surface area contributed by atoms with Crippen LogP contribution in [0.15, 0.2) is 186 Å². The molecule has 0 atom stereocenters. The van der Waals surface area contributed by atoms with Gasteiger partial charge in [0.05, 0.1) is 0 Å². The summed E-state index contributed by atoms with van der Waals surface area (Å²) in [5, 5.41) is 12.2. The smallest absolute Gasteiger partial charge is 0.143 e. The third-order valence-electron chi connectivity index (χ3n) is 12.6. The normalized spacial score (nSPS) is 13.3. The number of hydrogen-bond donors (Lipinski definition) is 0. The average molecular weight is 713 g/mol. The van der Waals surface area contributed by atoms with Gasteiger partial charge in [0, 0.05) is 27.1 Å². The topological polar surface area (TPSA) is 13.1 Å². The van der Waals surface area contributed by atoms with E-state index in [1.807, 2.05) is 0 Å². The number of furan rings is 1. The highest BCUT2D eigenvalue weighted by Crippen LogP contribution is 2.56. The lowest BCUT2D eigenvalue weighted by atomic mass is 9.80. The zero-order valence-electron chi connectivity index (χ0n) is 31.2. The summed E-state index contributed by atoms with van der Waals surface area (Å²) in [5.74, 6) is 0. The molecule has 262 valence electrons. The zero-order chi connectivity index (χ0) is 37.1. The molecule has 1 nitrogen and oxygen atoms in total. The van der Waals surface area contributed by atoms with Crippen molar-refractivity contribution >= 4 is 65.0 Å². The predicted molar refractivity (Wildman–Crippen MR) is 238 cm³/mol. The van der Waals surface area contributed by atoms with Gasteiger partial charge in [0.1, 0.15) is 11.2 Å². The molecular weight excluding hydrogens is 677 g/mol. The van der Waals surface area contributed by atoms with Crippen LogP contribution < -0.4 is 0 Å². The largest absolute Gasteiger partial charge is 0.455 e. The van der Waals surface area contributed by atoms with Crippen LogP contribution in [0.5, 0.6) is 0 Å². The second kappa shape index (κ2) is 11.5. The lowest BCUT2D eigenvalue weighted by Gasteiger charge is -2.22. The van der Waals surface area contributed by atoms with Crippen molar-refractivity contribution < 1.29 is 4.42 Å². The monoisotopic (exact) mass is 712 g/mol. The highest BCUT2D eigenvalue weighted by atomic mass is 16.3. The molecule has 0 bridgehead atoms. The fourth-order valence-electron chi connectivity index (χ4n) is 10.1. The molecular formula is C55H36O. The third kappa shape index (κ3) is 4.26. The molecule has 1 aromatic heterocycles. The molecule has 1 heteroatoms. The molecule has 10 aromatic carbocycles. The number of benzene rings is 10. The molecule has 0 aliphatic heterocycles. The Labute approximate surface area is 325 Å². The second-order valence-corrected chi connectivity index (χ2v) is 15.9. The Balaban J connectivity index is 1.16. The second-order valence-electron chi connectivity index (χ2n) is 15.9. The van der Waals surface area contributed by atoms with Crippen LogP contribution in [0.4, 0.5) is 0 Å². The molecule has 1 aliphatic carbocycles. The van der Waals surface area contributed by atoms with Crippen LogP contribution in [0, 0.1) is 0 Å². The van der Waals surface area contributed by atoms with E-state index in [1.54, 1.807) is 0 Å². The number of hydrogen-bond acceptors (Lipinski definition) is 1. The highest BCUT2D eigenvalue weighted by molar-refractivity contribution is 6.24. The first-order valence-corrected chi connectivity index (χ1v) is 19.6. The molecule has 0 unspecified atom stereocenters. The van der Waals surface area contributed by atoms with Gasteiger partial charge in [0.25, 0.3) is 0 Å². The number of rotatable bonds is 3. The van der Waals surface area contributed by atoms with E-state index in [1.165, 1.54) is 98.7 Å². The van der Waals surface area contributed by atoms with Gasteiger partial charge in [0.15, 0.2) is 0 Å². The van der Waals surface area contributed by atoms with Crippen LogP contribution in [0.25, 0.3) is 110 Å². The molecule has 11 aromatic rings. The molecule has 0 saturated carbocycles. The Kier molecular flexibility index (Phi) is 6.46. The van der Waals surface area contributed by atoms with Gasteiger partial charge in [0.2, 0.25) is 0 Å². The summed E-state index contributed by atoms with van der Waals surface area (Å²) in [6, 6.07) is 67.1. The van der Waals surface area contributed by atoms with E-state index >= 15 is 0 Å². The maximum atomic E-state index is 7.03. The van der Waals surface area contributed by atoms with Crippen LogP contribution in [-0.2, 0) is 5.41 Å². The van der Waals surface area contributed by atoms with Gasteiger partial charge in [-0.1, -0.05) is 178 Å². The maximum Gasteiger partial charge on any atom is 0.143 e. The van der Waals surface area contributed by atoms with Crippen LogP contribution in [0.3, 0.4) is 0 Å². The molecule has 0 N–H and O–H groups in total. The van der Waals surface area contributed by atoms with Gasteiger partial charge in [-0.15, -0.1) is 0 Å². The molecule has 1 aliphatic rings. The first kappa shape index (κ1) is 31.4. The minimum Gasteiger partial charge on any atom is -0.455 e. The predicted octanol–water partition coefficient (Wildman–Crippen LogP) is 15.5. The first-order valence-electron chi connectivity index (χ1n) is 19.6. The fourth-order valence-corrected chi connectivity index (χ4v) is 10.1. The lowest BCUT2D eigenvalue weighted by Crippen LogP contribution is -2.15. The molecule has 0 radical (unpaired) electrons. The van der Waals surface area contributed by atoms with E-state index in [0.717, 1.165) is 21.9 Å². The number of fused-ring (bicyclic) bond motifs is 12. The Morgan fingerprint density at radius 1 is 0.339 bits per heavy atom. The molecule has 1 heterocycles. The molecule has 0 amide bonds. The van der Waals surface area contributed by atoms with E-state index in [9.17, 15) is 0 Å². The minimum absolute atomic E-state index is 0.245. The van der Waals surface area contributed by atoms with E-state index in [-0.39, 0.29) is 5.41 Å². The Bertz CT molecular complexity index is 3390. The van der Waals surface area contributed by atoms with Crippen molar-refractivity contribution in [2.24, 2.45) is 0 Å². The van der Waals surface area contributed by atoms with E-state index in [2.05, 4.69) is 196 Å². The van der Waals surface area contributed by atoms with Crippen LogP contribution in [0.1, 0.15) is 25.0 Å². The molecule has 12 rings (SSSR count). The van der Waals surface area contributed by atoms with Crippen molar-refractivity contribution in [3.63, 3.8) is 0 Å². The van der Waals surface area contributed by atoms with Crippen LogP contribution >= 0.6 is 0 Å². The standard InChI is InChI=1S/C55H36O/c1-55(2)48-28-12-11-26-45(48)51-46(32-47-44-30-29-34-16-4-6-21-38(34)53(44)56-54(47)52(51)55)35-18-13-19-36(31-35)49-40-22-7-9-24-42(40)50(43-25-10-8-23-41(43)49)39-27-14-17-33-15-3-5-20-37(33)39/h3-32H,1-2H3. The Morgan fingerprint density at radius 3 is 1.64 bits per heavy atom. The van der Waals surface area contributed by atoms with Crippen LogP contribution in [-0.4, -0.2) is 0 Å². The summed E-state index contributed by atoms with van der Waals surface area (Å²) in [5.41, 5.74) is 14.4. The van der Waals surface area contributed by atoms with Gasteiger partial charge < -0.3 is 4.42 Å². The van der Waals surface area contributed by atoms with E-state index in [0.29, 0.717) is 0 Å². The summed E-state index contributed by atoms with van der Waals surface area (Å²) < 4.78 is 7.03. The van der Waals surface area contributed by atoms with Crippen molar-refractivity contribution in [1.82, 2.24) is 0 Å². The van der Waals surface area contributed by atoms with E-state index in [4.69, 9.17) is 4.42 Å². The first-order chi connectivity index (χ1) is 27.6. The van der Waals surface area contributed by atoms with Gasteiger partial charge >= 0.3 is 0 Å². The molecule has 0 fully saturated rings. The maximum absolute atomic E-state index is 7.03. The van der Waals surface area contributed by atoms with Crippen LogP contribution in [0.2, 0.25) is 0 Å². The summed E-state index contributed by atoms with van der Waals surface area (Å²) in [6.07, 6.45) is 0. The zero-order valence-corrected chi connectivity index (χ0v) is 31.2. The van der Waals surface area contributed by atoms with Crippen molar-refractivity contribution in [3.8, 4) is 44.5 Å². The summed E-state index contributed by atoms with van der Waals surface area (Å²) in [7, 11) is 0. The summed E-state index contributed by atoms with van der Waals surface area (Å²) in [6.45, 7) is 4.72. The lowest BCUT2D eigenvalue weighted by molar-refractivity contribution is 0.621. The van der Waals surface area contributed by atoms with E-state index < -0.39 is 0 Å². The summed E-state index contributed by atoms with van der Waals surface area (Å²) in [4.78, 5) is 0.